The molecule has 7 heteroatoms. The quantitative estimate of drug-likeness (QED) is 0.402. The highest BCUT2D eigenvalue weighted by Gasteiger charge is 2.12. The number of hydrogen-bond donors (Lipinski definition) is 2. The summed E-state index contributed by atoms with van der Waals surface area (Å²) < 4.78 is 2.41. The van der Waals surface area contributed by atoms with Crippen molar-refractivity contribution in [2.24, 2.45) is 4.99 Å². The number of carbonyl (C=O) groups is 1. The maximum Gasteiger partial charge on any atom is 0.345 e. The molecular weight excluding hydrogens is 444 g/mol. The zero-order valence-corrected chi connectivity index (χ0v) is 18.0. The fraction of sp³-hybridized carbons (Fsp3) is 0.0870. The lowest BCUT2D eigenvalue weighted by atomic mass is 10.1. The molecule has 0 radical (unpaired) electrons. The maximum absolute atomic E-state index is 12.8. The molecule has 0 aliphatic carbocycles. The van der Waals surface area contributed by atoms with E-state index in [1.807, 2.05) is 67.6 Å². The third kappa shape index (κ3) is 3.84. The van der Waals surface area contributed by atoms with Gasteiger partial charge in [0.15, 0.2) is 0 Å². The Morgan fingerprint density at radius 3 is 2.67 bits per heavy atom. The summed E-state index contributed by atoms with van der Waals surface area (Å²) in [5.41, 5.74) is 3.09. The molecule has 2 amide bonds. The van der Waals surface area contributed by atoms with Crippen LogP contribution in [0.25, 0.3) is 16.5 Å². The van der Waals surface area contributed by atoms with Gasteiger partial charge in [0.25, 0.3) is 5.56 Å². The molecule has 0 atom stereocenters. The van der Waals surface area contributed by atoms with Crippen LogP contribution in [0.15, 0.2) is 74.9 Å². The Bertz CT molecular complexity index is 1350. The van der Waals surface area contributed by atoms with E-state index in [1.54, 1.807) is 6.92 Å². The van der Waals surface area contributed by atoms with Crippen molar-refractivity contribution in [3.05, 3.63) is 92.3 Å². The lowest BCUT2D eigenvalue weighted by molar-refractivity contribution is 0.259. The highest BCUT2D eigenvalue weighted by Crippen LogP contribution is 2.23. The van der Waals surface area contributed by atoms with Crippen molar-refractivity contribution in [2.75, 3.05) is 5.32 Å². The van der Waals surface area contributed by atoms with Gasteiger partial charge in [-0.1, -0.05) is 52.3 Å². The number of aliphatic imine (C=N–C) groups is 1. The molecule has 0 aliphatic rings. The summed E-state index contributed by atoms with van der Waals surface area (Å²) >= 11 is 3.46. The van der Waals surface area contributed by atoms with Crippen LogP contribution < -0.4 is 10.9 Å². The molecule has 4 rings (SSSR count). The smallest absolute Gasteiger partial charge is 0.305 e. The number of carbonyl (C=O) groups excluding carboxylic acids is 1. The molecule has 2 N–H and O–H groups in total. The number of urea groups is 1. The van der Waals surface area contributed by atoms with Crippen LogP contribution in [-0.2, 0) is 0 Å². The summed E-state index contributed by atoms with van der Waals surface area (Å²) in [6, 6.07) is 18.5. The highest BCUT2D eigenvalue weighted by molar-refractivity contribution is 9.10. The van der Waals surface area contributed by atoms with Crippen LogP contribution in [0, 0.1) is 13.8 Å². The van der Waals surface area contributed by atoms with E-state index in [4.69, 9.17) is 0 Å². The van der Waals surface area contributed by atoms with Crippen LogP contribution in [0.1, 0.15) is 16.8 Å². The Morgan fingerprint density at radius 1 is 1.10 bits per heavy atom. The maximum atomic E-state index is 12.8. The monoisotopic (exact) mass is 462 g/mol. The standard InChI is InChI=1S/C23H19BrN4O2/c1-14-12-17(10-11-20(14)24)28-22(29)19(15(2)27-28)13-25-23(30)26-21-9-5-7-16-6-3-4-8-18(16)21/h3-13,27H,1-2H3,(H,26,30). The minimum Gasteiger partial charge on any atom is -0.305 e. The Balaban J connectivity index is 1.59. The van der Waals surface area contributed by atoms with E-state index < -0.39 is 6.03 Å². The fourth-order valence-electron chi connectivity index (χ4n) is 3.27. The summed E-state index contributed by atoms with van der Waals surface area (Å²) in [6.07, 6.45) is 1.30. The molecule has 0 spiro atoms. The van der Waals surface area contributed by atoms with Crippen LogP contribution >= 0.6 is 15.9 Å². The van der Waals surface area contributed by atoms with Gasteiger partial charge in [-0.2, -0.15) is 0 Å². The molecule has 0 fully saturated rings. The van der Waals surface area contributed by atoms with E-state index in [-0.39, 0.29) is 5.56 Å². The van der Waals surface area contributed by atoms with Gasteiger partial charge in [-0.25, -0.2) is 14.5 Å². The first-order valence-electron chi connectivity index (χ1n) is 9.35. The van der Waals surface area contributed by atoms with Crippen molar-refractivity contribution in [1.82, 2.24) is 9.78 Å². The second-order valence-electron chi connectivity index (χ2n) is 6.94. The number of nitrogens with zero attached hydrogens (tertiary/aromatic N) is 2. The molecular formula is C23H19BrN4O2. The van der Waals surface area contributed by atoms with E-state index in [9.17, 15) is 9.59 Å². The number of fused-ring (bicyclic) bond motifs is 1. The van der Waals surface area contributed by atoms with Gasteiger partial charge < -0.3 is 5.32 Å². The number of H-pyrrole nitrogens is 1. The second kappa shape index (κ2) is 8.12. The number of aromatic amines is 1. The molecule has 1 aromatic heterocycles. The Morgan fingerprint density at radius 2 is 1.87 bits per heavy atom. The number of anilines is 1. The topological polar surface area (TPSA) is 79.2 Å². The first-order valence-corrected chi connectivity index (χ1v) is 10.1. The Hall–Kier alpha value is -3.45. The van der Waals surface area contributed by atoms with Crippen molar-refractivity contribution in [3.63, 3.8) is 0 Å². The number of hydrogen-bond acceptors (Lipinski definition) is 2. The van der Waals surface area contributed by atoms with Crippen molar-refractivity contribution in [3.8, 4) is 5.69 Å². The predicted octanol–water partition coefficient (Wildman–Crippen LogP) is 5.35. The van der Waals surface area contributed by atoms with Crippen molar-refractivity contribution >= 4 is 44.6 Å². The van der Waals surface area contributed by atoms with E-state index in [1.165, 1.54) is 10.9 Å². The molecule has 4 aromatic rings. The number of amides is 2. The number of benzene rings is 3. The lowest BCUT2D eigenvalue weighted by Gasteiger charge is -2.06. The number of halogens is 1. The van der Waals surface area contributed by atoms with Gasteiger partial charge in [0.2, 0.25) is 0 Å². The molecule has 0 bridgehead atoms. The number of aromatic nitrogens is 2. The minimum absolute atomic E-state index is 0.268. The van der Waals surface area contributed by atoms with Crippen LogP contribution in [-0.4, -0.2) is 22.0 Å². The van der Waals surface area contributed by atoms with Gasteiger partial charge in [-0.3, -0.25) is 9.89 Å². The molecule has 6 nitrogen and oxygen atoms in total. The SMILES string of the molecule is Cc1cc(-n2[nH]c(C)c(C=NC(=O)Nc3cccc4ccccc34)c2=O)ccc1Br. The van der Waals surface area contributed by atoms with Gasteiger partial charge in [-0.15, -0.1) is 0 Å². The van der Waals surface area contributed by atoms with Crippen LogP contribution in [0.5, 0.6) is 0 Å². The van der Waals surface area contributed by atoms with Crippen LogP contribution in [0.4, 0.5) is 10.5 Å². The summed E-state index contributed by atoms with van der Waals surface area (Å²) in [6.45, 7) is 3.72. The van der Waals surface area contributed by atoms with E-state index >= 15 is 0 Å². The van der Waals surface area contributed by atoms with E-state index in [0.29, 0.717) is 22.6 Å². The van der Waals surface area contributed by atoms with Crippen molar-refractivity contribution in [1.29, 1.82) is 0 Å². The minimum atomic E-state index is -0.544. The third-order valence-electron chi connectivity index (χ3n) is 4.86. The highest BCUT2D eigenvalue weighted by atomic mass is 79.9. The number of rotatable bonds is 3. The third-order valence-corrected chi connectivity index (χ3v) is 5.75. The first kappa shape index (κ1) is 19.8. The largest absolute Gasteiger partial charge is 0.345 e. The van der Waals surface area contributed by atoms with E-state index in [0.717, 1.165) is 20.8 Å². The fourth-order valence-corrected chi connectivity index (χ4v) is 3.51. The normalized spacial score (nSPS) is 11.3. The first-order chi connectivity index (χ1) is 14.4. The van der Waals surface area contributed by atoms with Gasteiger partial charge in [0.1, 0.15) is 0 Å². The van der Waals surface area contributed by atoms with Crippen LogP contribution in [0.2, 0.25) is 0 Å². The van der Waals surface area contributed by atoms with Gasteiger partial charge in [-0.05, 0) is 49.1 Å². The van der Waals surface area contributed by atoms with Crippen molar-refractivity contribution < 1.29 is 4.79 Å². The Labute approximate surface area is 181 Å². The van der Waals surface area contributed by atoms with Crippen molar-refractivity contribution in [2.45, 2.75) is 13.8 Å². The molecule has 0 saturated heterocycles. The average Bonchev–Trinajstić information content (AvgIpc) is 3.02. The van der Waals surface area contributed by atoms with Gasteiger partial charge in [0.05, 0.1) is 16.9 Å². The summed E-state index contributed by atoms with van der Waals surface area (Å²) in [5.74, 6) is 0. The summed E-state index contributed by atoms with van der Waals surface area (Å²) in [5, 5.41) is 7.77. The summed E-state index contributed by atoms with van der Waals surface area (Å²) in [7, 11) is 0. The molecule has 0 saturated carbocycles. The average molecular weight is 463 g/mol. The molecule has 0 aliphatic heterocycles. The number of aryl methyl sites for hydroxylation is 2. The van der Waals surface area contributed by atoms with Gasteiger partial charge in [0, 0.05) is 21.8 Å². The second-order valence-corrected chi connectivity index (χ2v) is 7.79. The molecule has 0 unspecified atom stereocenters. The Kier molecular flexibility index (Phi) is 5.37. The zero-order valence-electron chi connectivity index (χ0n) is 16.4. The predicted molar refractivity (Wildman–Crippen MR) is 124 cm³/mol. The van der Waals surface area contributed by atoms with E-state index in [2.05, 4.69) is 31.3 Å². The summed E-state index contributed by atoms with van der Waals surface area (Å²) in [4.78, 5) is 29.1. The molecule has 1 heterocycles. The molecule has 3 aromatic carbocycles. The molecule has 150 valence electrons. The van der Waals surface area contributed by atoms with Gasteiger partial charge >= 0.3 is 6.03 Å². The zero-order chi connectivity index (χ0) is 21.3. The molecule has 30 heavy (non-hydrogen) atoms. The lowest BCUT2D eigenvalue weighted by Crippen LogP contribution is -2.18. The number of nitrogens with one attached hydrogen (secondary N) is 2. The van der Waals surface area contributed by atoms with Crippen LogP contribution in [0.3, 0.4) is 0 Å².